The van der Waals surface area contributed by atoms with Gasteiger partial charge in [0, 0.05) is 34.0 Å². The van der Waals surface area contributed by atoms with E-state index in [-0.39, 0.29) is 0 Å². The van der Waals surface area contributed by atoms with Gasteiger partial charge in [-0.25, -0.2) is 0 Å². The molecule has 8 rings (SSSR count). The standard InChI is InChI=1S/C34H23NO/c1-20-7-4-12-27-29-17-21(14-15-25(29)24-9-2-3-10-26(24)33(20)27)23-11-5-13-28-30-18-22-8-6-16-35-31(22)19-32(30)36-34(23)28/h2-6,8-20H,7H2,1H3. The lowest BCUT2D eigenvalue weighted by molar-refractivity contribution is 0.670. The van der Waals surface area contributed by atoms with Crippen LogP contribution in [0.25, 0.3) is 71.6 Å². The molecule has 36 heavy (non-hydrogen) atoms. The minimum atomic E-state index is 0.504. The molecule has 0 fully saturated rings. The Kier molecular flexibility index (Phi) is 4.01. The second-order valence-corrected chi connectivity index (χ2v) is 10.0. The van der Waals surface area contributed by atoms with E-state index in [9.17, 15) is 0 Å². The lowest BCUT2D eigenvalue weighted by atomic mass is 9.81. The van der Waals surface area contributed by atoms with Crippen LogP contribution >= 0.6 is 0 Å². The molecule has 0 bridgehead atoms. The van der Waals surface area contributed by atoms with Gasteiger partial charge in [0.2, 0.25) is 0 Å². The summed E-state index contributed by atoms with van der Waals surface area (Å²) in [5.41, 5.74) is 7.90. The van der Waals surface area contributed by atoms with Crippen LogP contribution in [0, 0.1) is 0 Å². The number of aromatic nitrogens is 1. The van der Waals surface area contributed by atoms with Crippen LogP contribution in [-0.4, -0.2) is 4.98 Å². The van der Waals surface area contributed by atoms with E-state index >= 15 is 0 Å². The van der Waals surface area contributed by atoms with Crippen LogP contribution in [0.15, 0.2) is 102 Å². The summed E-state index contributed by atoms with van der Waals surface area (Å²) in [6.07, 6.45) is 7.57. The van der Waals surface area contributed by atoms with Crippen LogP contribution in [0.1, 0.15) is 30.4 Å². The highest BCUT2D eigenvalue weighted by Crippen LogP contribution is 2.43. The van der Waals surface area contributed by atoms with Gasteiger partial charge in [-0.1, -0.05) is 79.7 Å². The topological polar surface area (TPSA) is 26.0 Å². The SMILES string of the molecule is CC1CC=Cc2c1c1ccccc1c1ccc(-c3cccc4c3oc3cc5ncccc5cc34)cc21. The highest BCUT2D eigenvalue weighted by Gasteiger charge is 2.20. The molecule has 0 saturated carbocycles. The summed E-state index contributed by atoms with van der Waals surface area (Å²) >= 11 is 0. The van der Waals surface area contributed by atoms with Crippen LogP contribution in [0.5, 0.6) is 0 Å². The highest BCUT2D eigenvalue weighted by atomic mass is 16.3. The maximum atomic E-state index is 6.50. The number of benzene rings is 5. The average Bonchev–Trinajstić information content (AvgIpc) is 3.29. The Morgan fingerprint density at radius 1 is 0.750 bits per heavy atom. The molecule has 1 aliphatic rings. The Morgan fingerprint density at radius 2 is 1.61 bits per heavy atom. The Bertz CT molecular complexity index is 2040. The zero-order valence-electron chi connectivity index (χ0n) is 20.0. The average molecular weight is 462 g/mol. The normalized spacial score (nSPS) is 15.4. The number of para-hydroxylation sites is 1. The molecule has 2 heterocycles. The van der Waals surface area contributed by atoms with Crippen LogP contribution in [-0.2, 0) is 0 Å². The molecule has 1 atom stereocenters. The van der Waals surface area contributed by atoms with Gasteiger partial charge in [0.15, 0.2) is 0 Å². The van der Waals surface area contributed by atoms with E-state index in [1.165, 1.54) is 38.2 Å². The van der Waals surface area contributed by atoms with Gasteiger partial charge in [-0.15, -0.1) is 0 Å². The van der Waals surface area contributed by atoms with Crippen molar-refractivity contribution in [3.63, 3.8) is 0 Å². The summed E-state index contributed by atoms with van der Waals surface area (Å²) in [5, 5.41) is 8.73. The maximum Gasteiger partial charge on any atom is 0.143 e. The molecular formula is C34H23NO. The Morgan fingerprint density at radius 3 is 2.56 bits per heavy atom. The van der Waals surface area contributed by atoms with Gasteiger partial charge in [0.25, 0.3) is 0 Å². The molecule has 0 amide bonds. The van der Waals surface area contributed by atoms with Crippen molar-refractivity contribution in [1.29, 1.82) is 0 Å². The molecule has 2 nitrogen and oxygen atoms in total. The van der Waals surface area contributed by atoms with Gasteiger partial charge < -0.3 is 4.42 Å². The number of allylic oxidation sites excluding steroid dienone is 1. The van der Waals surface area contributed by atoms with Crippen molar-refractivity contribution in [3.8, 4) is 11.1 Å². The summed E-state index contributed by atoms with van der Waals surface area (Å²) < 4.78 is 6.50. The molecule has 7 aromatic rings. The third kappa shape index (κ3) is 2.70. The molecule has 170 valence electrons. The minimum absolute atomic E-state index is 0.504. The molecule has 0 radical (unpaired) electrons. The Labute approximate surface area is 208 Å². The van der Waals surface area contributed by atoms with Crippen molar-refractivity contribution >= 4 is 60.5 Å². The smallest absolute Gasteiger partial charge is 0.143 e. The van der Waals surface area contributed by atoms with Gasteiger partial charge in [-0.05, 0) is 68.8 Å². The van der Waals surface area contributed by atoms with E-state index < -0.39 is 0 Å². The van der Waals surface area contributed by atoms with Gasteiger partial charge in [-0.3, -0.25) is 4.98 Å². The Balaban J connectivity index is 1.43. The van der Waals surface area contributed by atoms with Gasteiger partial charge in [0.05, 0.1) is 5.52 Å². The molecule has 2 aromatic heterocycles. The minimum Gasteiger partial charge on any atom is -0.455 e. The van der Waals surface area contributed by atoms with Crippen LogP contribution < -0.4 is 0 Å². The lowest BCUT2D eigenvalue weighted by Crippen LogP contribution is -2.02. The first-order valence-corrected chi connectivity index (χ1v) is 12.6. The molecular weight excluding hydrogens is 438 g/mol. The summed E-state index contributed by atoms with van der Waals surface area (Å²) in [6.45, 7) is 2.35. The second kappa shape index (κ2) is 7.29. The van der Waals surface area contributed by atoms with Crippen molar-refractivity contribution in [2.45, 2.75) is 19.3 Å². The molecule has 0 spiro atoms. The monoisotopic (exact) mass is 461 g/mol. The fraction of sp³-hybridized carbons (Fsp3) is 0.0882. The van der Waals surface area contributed by atoms with Gasteiger partial charge in [0.1, 0.15) is 11.2 Å². The van der Waals surface area contributed by atoms with E-state index in [2.05, 4.69) is 103 Å². The maximum absolute atomic E-state index is 6.50. The predicted octanol–water partition coefficient (Wildman–Crippen LogP) is 9.63. The van der Waals surface area contributed by atoms with Crippen LogP contribution in [0.4, 0.5) is 0 Å². The predicted molar refractivity (Wildman–Crippen MR) is 152 cm³/mol. The number of hydrogen-bond donors (Lipinski definition) is 0. The highest BCUT2D eigenvalue weighted by molar-refractivity contribution is 6.16. The number of pyridine rings is 1. The van der Waals surface area contributed by atoms with Crippen molar-refractivity contribution in [2.75, 3.05) is 0 Å². The molecule has 1 aliphatic carbocycles. The van der Waals surface area contributed by atoms with Crippen molar-refractivity contribution in [2.24, 2.45) is 0 Å². The quantitative estimate of drug-likeness (QED) is 0.227. The molecule has 5 aromatic carbocycles. The number of fused-ring (bicyclic) bond motifs is 10. The summed E-state index contributed by atoms with van der Waals surface area (Å²) in [4.78, 5) is 4.52. The summed E-state index contributed by atoms with van der Waals surface area (Å²) in [5.74, 6) is 0.504. The van der Waals surface area contributed by atoms with E-state index in [1.807, 2.05) is 12.3 Å². The van der Waals surface area contributed by atoms with Gasteiger partial charge in [-0.2, -0.15) is 0 Å². The fourth-order valence-electron chi connectivity index (χ4n) is 6.22. The zero-order valence-corrected chi connectivity index (χ0v) is 20.0. The third-order valence-electron chi connectivity index (χ3n) is 7.91. The zero-order chi connectivity index (χ0) is 23.8. The first-order chi connectivity index (χ1) is 17.8. The summed E-state index contributed by atoms with van der Waals surface area (Å²) in [7, 11) is 0. The number of furan rings is 1. The first-order valence-electron chi connectivity index (χ1n) is 12.6. The number of rotatable bonds is 1. The number of hydrogen-bond acceptors (Lipinski definition) is 2. The third-order valence-corrected chi connectivity index (χ3v) is 7.91. The second-order valence-electron chi connectivity index (χ2n) is 10.0. The van der Waals surface area contributed by atoms with E-state index in [4.69, 9.17) is 4.42 Å². The van der Waals surface area contributed by atoms with Crippen LogP contribution in [0.2, 0.25) is 0 Å². The fourth-order valence-corrected chi connectivity index (χ4v) is 6.22. The van der Waals surface area contributed by atoms with Crippen molar-refractivity contribution < 1.29 is 4.42 Å². The molecule has 1 unspecified atom stereocenters. The van der Waals surface area contributed by atoms with Crippen molar-refractivity contribution in [3.05, 3.63) is 108 Å². The first kappa shape index (κ1) is 19.8. The summed E-state index contributed by atoms with van der Waals surface area (Å²) in [6, 6.07) is 30.6. The number of nitrogens with zero attached hydrogens (tertiary/aromatic N) is 1. The van der Waals surface area contributed by atoms with E-state index in [0.29, 0.717) is 5.92 Å². The van der Waals surface area contributed by atoms with Gasteiger partial charge >= 0.3 is 0 Å². The molecule has 0 aliphatic heterocycles. The van der Waals surface area contributed by atoms with Crippen molar-refractivity contribution in [1.82, 2.24) is 4.98 Å². The van der Waals surface area contributed by atoms with E-state index in [0.717, 1.165) is 44.8 Å². The largest absolute Gasteiger partial charge is 0.455 e. The van der Waals surface area contributed by atoms with Crippen LogP contribution in [0.3, 0.4) is 0 Å². The van der Waals surface area contributed by atoms with E-state index in [1.54, 1.807) is 0 Å². The molecule has 0 N–H and O–H groups in total. The Hall–Kier alpha value is -4.43. The lowest BCUT2D eigenvalue weighted by Gasteiger charge is -2.23. The molecule has 2 heteroatoms. The molecule has 0 saturated heterocycles.